The van der Waals surface area contributed by atoms with Gasteiger partial charge in [0.2, 0.25) is 0 Å². The molecule has 0 spiro atoms. The Morgan fingerprint density at radius 1 is 0.340 bits per heavy atom. The van der Waals surface area contributed by atoms with Crippen LogP contribution in [0.3, 0.4) is 0 Å². The quantitative estimate of drug-likeness (QED) is 0.185. The average molecular weight is 657 g/mol. The van der Waals surface area contributed by atoms with E-state index in [0.717, 1.165) is 33.5 Å². The van der Waals surface area contributed by atoms with Gasteiger partial charge in [0.15, 0.2) is 17.5 Å². The summed E-state index contributed by atoms with van der Waals surface area (Å²) in [5, 5.41) is 5.15. The standard InChI is InChI=1S/C45H28N4S/c1-3-12-30(13-4-1)43-46-44(31-14-5-2-6-15-31)48-45(47-43)32-24-22-29(23-25-32)33-16-11-17-34(26-33)49-39-20-9-7-18-35(39)37-28-42-38(27-40(37)49)36-19-8-10-21-41(36)50-42/h1-28H. The van der Waals surface area contributed by atoms with E-state index in [2.05, 4.69) is 114 Å². The highest BCUT2D eigenvalue weighted by Gasteiger charge is 2.16. The molecule has 0 aliphatic carbocycles. The molecule has 7 aromatic carbocycles. The van der Waals surface area contributed by atoms with E-state index in [-0.39, 0.29) is 0 Å². The highest BCUT2D eigenvalue weighted by Crippen LogP contribution is 2.41. The van der Waals surface area contributed by atoms with Gasteiger partial charge in [0.05, 0.1) is 11.0 Å². The van der Waals surface area contributed by atoms with Gasteiger partial charge in [-0.25, -0.2) is 15.0 Å². The summed E-state index contributed by atoms with van der Waals surface area (Å²) in [6, 6.07) is 59.8. The highest BCUT2D eigenvalue weighted by atomic mass is 32.1. The van der Waals surface area contributed by atoms with Crippen LogP contribution in [0.5, 0.6) is 0 Å². The summed E-state index contributed by atoms with van der Waals surface area (Å²) in [5.74, 6) is 1.96. The van der Waals surface area contributed by atoms with Gasteiger partial charge < -0.3 is 4.57 Å². The molecule has 0 amide bonds. The average Bonchev–Trinajstić information content (AvgIpc) is 3.72. The van der Waals surface area contributed by atoms with Crippen molar-refractivity contribution < 1.29 is 0 Å². The molecule has 3 heterocycles. The lowest BCUT2D eigenvalue weighted by molar-refractivity contribution is 1.07. The van der Waals surface area contributed by atoms with Gasteiger partial charge in [-0.05, 0) is 47.5 Å². The van der Waals surface area contributed by atoms with Crippen LogP contribution in [0.25, 0.3) is 93.0 Å². The molecule has 0 saturated carbocycles. The summed E-state index contributed by atoms with van der Waals surface area (Å²) in [6.07, 6.45) is 0. The zero-order chi connectivity index (χ0) is 33.0. The monoisotopic (exact) mass is 656 g/mol. The van der Waals surface area contributed by atoms with Crippen LogP contribution in [0.4, 0.5) is 0 Å². The third-order valence-electron chi connectivity index (χ3n) is 9.45. The molecule has 0 bridgehead atoms. The molecule has 10 aromatic rings. The van der Waals surface area contributed by atoms with E-state index in [9.17, 15) is 0 Å². The summed E-state index contributed by atoms with van der Waals surface area (Å²) in [7, 11) is 0. The Morgan fingerprint density at radius 2 is 0.900 bits per heavy atom. The number of rotatable bonds is 5. The Labute approximate surface area is 292 Å². The van der Waals surface area contributed by atoms with Crippen molar-refractivity contribution in [2.45, 2.75) is 0 Å². The Kier molecular flexibility index (Phi) is 6.64. The molecule has 0 aliphatic rings. The molecule has 10 rings (SSSR count). The maximum Gasteiger partial charge on any atom is 0.164 e. The number of para-hydroxylation sites is 1. The topological polar surface area (TPSA) is 43.6 Å². The predicted molar refractivity (Wildman–Crippen MR) is 209 cm³/mol. The van der Waals surface area contributed by atoms with Crippen LogP contribution < -0.4 is 0 Å². The van der Waals surface area contributed by atoms with E-state index in [1.54, 1.807) is 0 Å². The number of hydrogen-bond donors (Lipinski definition) is 0. The second kappa shape index (κ2) is 11.6. The van der Waals surface area contributed by atoms with Gasteiger partial charge in [-0.3, -0.25) is 0 Å². The van der Waals surface area contributed by atoms with E-state index >= 15 is 0 Å². The molecule has 234 valence electrons. The van der Waals surface area contributed by atoms with Crippen molar-refractivity contribution in [1.82, 2.24) is 19.5 Å². The van der Waals surface area contributed by atoms with Gasteiger partial charge >= 0.3 is 0 Å². The molecule has 0 saturated heterocycles. The number of aromatic nitrogens is 4. The largest absolute Gasteiger partial charge is 0.309 e. The molecule has 5 heteroatoms. The van der Waals surface area contributed by atoms with Crippen molar-refractivity contribution in [1.29, 1.82) is 0 Å². The summed E-state index contributed by atoms with van der Waals surface area (Å²) in [4.78, 5) is 14.7. The third-order valence-corrected chi connectivity index (χ3v) is 10.6. The van der Waals surface area contributed by atoms with Gasteiger partial charge in [-0.1, -0.05) is 133 Å². The first-order chi connectivity index (χ1) is 24.8. The van der Waals surface area contributed by atoms with Gasteiger partial charge in [0, 0.05) is 53.3 Å². The lowest BCUT2D eigenvalue weighted by Gasteiger charge is -2.11. The minimum absolute atomic E-state index is 0.649. The van der Waals surface area contributed by atoms with Crippen LogP contribution in [-0.4, -0.2) is 19.5 Å². The SMILES string of the molecule is c1ccc(-c2nc(-c3ccccc3)nc(-c3ccc(-c4cccc(-n5c6ccccc6c6cc7sc8ccccc8c7cc65)c4)cc3)n2)cc1. The molecule has 4 nitrogen and oxygen atoms in total. The van der Waals surface area contributed by atoms with E-state index < -0.39 is 0 Å². The van der Waals surface area contributed by atoms with Crippen molar-refractivity contribution in [2.24, 2.45) is 0 Å². The van der Waals surface area contributed by atoms with E-state index in [1.165, 1.54) is 42.0 Å². The van der Waals surface area contributed by atoms with Gasteiger partial charge in [0.25, 0.3) is 0 Å². The maximum absolute atomic E-state index is 4.92. The zero-order valence-corrected chi connectivity index (χ0v) is 27.7. The Bertz CT molecular complexity index is 2800. The van der Waals surface area contributed by atoms with Gasteiger partial charge in [-0.15, -0.1) is 11.3 Å². The highest BCUT2D eigenvalue weighted by molar-refractivity contribution is 7.25. The summed E-state index contributed by atoms with van der Waals surface area (Å²) in [6.45, 7) is 0. The third kappa shape index (κ3) is 4.79. The lowest BCUT2D eigenvalue weighted by Crippen LogP contribution is -2.00. The molecule has 0 atom stereocenters. The van der Waals surface area contributed by atoms with E-state index in [0.29, 0.717) is 17.5 Å². The van der Waals surface area contributed by atoms with Gasteiger partial charge in [-0.2, -0.15) is 0 Å². The van der Waals surface area contributed by atoms with Crippen LogP contribution in [0.2, 0.25) is 0 Å². The lowest BCUT2D eigenvalue weighted by atomic mass is 10.0. The fourth-order valence-electron chi connectivity index (χ4n) is 7.04. The van der Waals surface area contributed by atoms with Crippen LogP contribution >= 0.6 is 11.3 Å². The fourth-order valence-corrected chi connectivity index (χ4v) is 8.17. The second-order valence-electron chi connectivity index (χ2n) is 12.5. The Balaban J connectivity index is 1.07. The second-order valence-corrected chi connectivity index (χ2v) is 13.6. The van der Waals surface area contributed by atoms with Crippen LogP contribution in [0.15, 0.2) is 170 Å². The van der Waals surface area contributed by atoms with E-state index in [1.807, 2.05) is 72.0 Å². The van der Waals surface area contributed by atoms with Crippen LogP contribution in [0, 0.1) is 0 Å². The minimum Gasteiger partial charge on any atom is -0.309 e. The summed E-state index contributed by atoms with van der Waals surface area (Å²) >= 11 is 1.87. The summed E-state index contributed by atoms with van der Waals surface area (Å²) in [5.41, 5.74) is 8.68. The molecular weight excluding hydrogens is 629 g/mol. The Morgan fingerprint density at radius 3 is 1.60 bits per heavy atom. The molecule has 50 heavy (non-hydrogen) atoms. The molecule has 0 fully saturated rings. The van der Waals surface area contributed by atoms with Crippen molar-refractivity contribution in [3.05, 3.63) is 170 Å². The number of fused-ring (bicyclic) bond motifs is 6. The van der Waals surface area contributed by atoms with E-state index in [4.69, 9.17) is 15.0 Å². The fraction of sp³-hybridized carbons (Fsp3) is 0. The van der Waals surface area contributed by atoms with Crippen molar-refractivity contribution in [2.75, 3.05) is 0 Å². The number of hydrogen-bond acceptors (Lipinski definition) is 4. The van der Waals surface area contributed by atoms with Crippen molar-refractivity contribution >= 4 is 53.3 Å². The number of thiophene rings is 1. The zero-order valence-electron chi connectivity index (χ0n) is 26.9. The molecule has 0 radical (unpaired) electrons. The summed E-state index contributed by atoms with van der Waals surface area (Å²) < 4.78 is 5.05. The van der Waals surface area contributed by atoms with Gasteiger partial charge in [0.1, 0.15) is 0 Å². The maximum atomic E-state index is 4.92. The first kappa shape index (κ1) is 28.6. The van der Waals surface area contributed by atoms with Crippen LogP contribution in [0.1, 0.15) is 0 Å². The normalized spacial score (nSPS) is 11.6. The number of benzene rings is 7. The predicted octanol–water partition coefficient (Wildman–Crippen LogP) is 12.0. The Hall–Kier alpha value is -6.43. The molecule has 3 aromatic heterocycles. The van der Waals surface area contributed by atoms with Crippen molar-refractivity contribution in [3.63, 3.8) is 0 Å². The smallest absolute Gasteiger partial charge is 0.164 e. The first-order valence-electron chi connectivity index (χ1n) is 16.7. The molecule has 0 unspecified atom stereocenters. The molecular formula is C45H28N4S. The first-order valence-corrected chi connectivity index (χ1v) is 17.5. The minimum atomic E-state index is 0.649. The van der Waals surface area contributed by atoms with Crippen LogP contribution in [-0.2, 0) is 0 Å². The number of nitrogens with zero attached hydrogens (tertiary/aromatic N) is 4. The molecule has 0 aliphatic heterocycles. The molecule has 0 N–H and O–H groups in total. The van der Waals surface area contributed by atoms with Crippen molar-refractivity contribution in [3.8, 4) is 51.0 Å².